The number of ether oxygens (including phenoxy) is 1. The number of hydrogen-bond acceptors (Lipinski definition) is 5. The Kier molecular flexibility index (Phi) is 5.70. The number of hydrogen-bond donors (Lipinski definition) is 3. The van der Waals surface area contributed by atoms with E-state index >= 15 is 0 Å². The molecule has 0 atom stereocenters. The molecule has 0 saturated heterocycles. The number of nitrogens with zero attached hydrogens (tertiary/aromatic N) is 2. The van der Waals surface area contributed by atoms with Crippen LogP contribution in [-0.2, 0) is 6.54 Å². The van der Waals surface area contributed by atoms with Crippen LogP contribution in [0.15, 0.2) is 78.9 Å². The number of aromatic amines is 1. The Balaban J connectivity index is 1.34. The van der Waals surface area contributed by atoms with Crippen molar-refractivity contribution in [2.24, 2.45) is 0 Å². The van der Waals surface area contributed by atoms with E-state index in [-0.39, 0.29) is 5.91 Å². The van der Waals surface area contributed by atoms with E-state index in [0.717, 1.165) is 22.6 Å². The van der Waals surface area contributed by atoms with Gasteiger partial charge in [-0.25, -0.2) is 0 Å². The number of amides is 1. The van der Waals surface area contributed by atoms with Crippen molar-refractivity contribution >= 4 is 17.5 Å². The summed E-state index contributed by atoms with van der Waals surface area (Å²) in [7, 11) is 1.62. The first-order valence-electron chi connectivity index (χ1n) is 9.47. The van der Waals surface area contributed by atoms with Crippen LogP contribution in [0.3, 0.4) is 0 Å². The lowest BCUT2D eigenvalue weighted by Gasteiger charge is -2.07. The van der Waals surface area contributed by atoms with Crippen molar-refractivity contribution in [3.05, 3.63) is 90.0 Å². The standard InChI is InChI=1S/C23H21N5O2/c1-30-20-13-7-16(8-14-20)15-24-22(29)18-9-11-19(12-10-18)25-23-26-21(27-28-23)17-5-3-2-4-6-17/h2-14H,15H2,1H3,(H,24,29)(H2,25,26,27,28). The summed E-state index contributed by atoms with van der Waals surface area (Å²) < 4.78 is 5.14. The zero-order chi connectivity index (χ0) is 20.8. The molecular formula is C23H21N5O2. The van der Waals surface area contributed by atoms with Gasteiger partial charge in [0.1, 0.15) is 5.75 Å². The molecule has 3 N–H and O–H groups in total. The molecule has 1 heterocycles. The van der Waals surface area contributed by atoms with Crippen LogP contribution in [0, 0.1) is 0 Å². The summed E-state index contributed by atoms with van der Waals surface area (Å²) in [5, 5.41) is 13.1. The van der Waals surface area contributed by atoms with Crippen LogP contribution in [-0.4, -0.2) is 28.2 Å². The first-order chi connectivity index (χ1) is 14.7. The number of methoxy groups -OCH3 is 1. The van der Waals surface area contributed by atoms with E-state index in [9.17, 15) is 4.79 Å². The van der Waals surface area contributed by atoms with Crippen molar-refractivity contribution in [1.82, 2.24) is 20.5 Å². The highest BCUT2D eigenvalue weighted by Crippen LogP contribution is 2.18. The number of H-pyrrole nitrogens is 1. The average molecular weight is 399 g/mol. The molecule has 3 aromatic carbocycles. The normalized spacial score (nSPS) is 10.4. The fourth-order valence-corrected chi connectivity index (χ4v) is 2.90. The van der Waals surface area contributed by atoms with Gasteiger partial charge in [-0.2, -0.15) is 4.98 Å². The molecule has 4 aromatic rings. The fourth-order valence-electron chi connectivity index (χ4n) is 2.90. The molecule has 1 aromatic heterocycles. The Hall–Kier alpha value is -4.13. The number of carbonyl (C=O) groups excluding carboxylic acids is 1. The molecule has 7 heteroatoms. The van der Waals surface area contributed by atoms with Crippen molar-refractivity contribution in [2.45, 2.75) is 6.54 Å². The van der Waals surface area contributed by atoms with Crippen molar-refractivity contribution in [2.75, 3.05) is 12.4 Å². The molecule has 0 aliphatic carbocycles. The van der Waals surface area contributed by atoms with Gasteiger partial charge in [0.15, 0.2) is 5.82 Å². The maximum Gasteiger partial charge on any atom is 0.251 e. The van der Waals surface area contributed by atoms with Crippen LogP contribution in [0.25, 0.3) is 11.4 Å². The molecule has 0 bridgehead atoms. The van der Waals surface area contributed by atoms with Crippen LogP contribution >= 0.6 is 0 Å². The van der Waals surface area contributed by atoms with Gasteiger partial charge < -0.3 is 15.4 Å². The Morgan fingerprint density at radius 3 is 2.40 bits per heavy atom. The molecule has 1 amide bonds. The summed E-state index contributed by atoms with van der Waals surface area (Å²) in [5.41, 5.74) is 3.33. The number of aromatic nitrogens is 3. The summed E-state index contributed by atoms with van der Waals surface area (Å²) in [6.07, 6.45) is 0. The summed E-state index contributed by atoms with van der Waals surface area (Å²) in [6.45, 7) is 0.447. The molecule has 0 saturated carbocycles. The second kappa shape index (κ2) is 8.91. The average Bonchev–Trinajstić information content (AvgIpc) is 3.27. The van der Waals surface area contributed by atoms with Crippen LogP contribution in [0.1, 0.15) is 15.9 Å². The minimum atomic E-state index is -0.137. The monoisotopic (exact) mass is 399 g/mol. The Morgan fingerprint density at radius 1 is 0.967 bits per heavy atom. The van der Waals surface area contributed by atoms with Gasteiger partial charge in [-0.05, 0) is 42.0 Å². The number of anilines is 2. The van der Waals surface area contributed by atoms with E-state index in [1.54, 1.807) is 19.2 Å². The smallest absolute Gasteiger partial charge is 0.251 e. The largest absolute Gasteiger partial charge is 0.497 e. The van der Waals surface area contributed by atoms with Gasteiger partial charge in [0, 0.05) is 23.4 Å². The zero-order valence-electron chi connectivity index (χ0n) is 16.4. The summed E-state index contributed by atoms with van der Waals surface area (Å²) in [5.74, 6) is 1.80. The SMILES string of the molecule is COc1ccc(CNC(=O)c2ccc(Nc3n[nH]c(-c4ccccc4)n3)cc2)cc1. The lowest BCUT2D eigenvalue weighted by atomic mass is 10.1. The number of rotatable bonds is 7. The van der Waals surface area contributed by atoms with E-state index < -0.39 is 0 Å². The summed E-state index contributed by atoms with van der Waals surface area (Å²) in [6, 6.07) is 24.5. The van der Waals surface area contributed by atoms with Gasteiger partial charge in [0.2, 0.25) is 5.95 Å². The topological polar surface area (TPSA) is 91.9 Å². The minimum absolute atomic E-state index is 0.137. The van der Waals surface area contributed by atoms with E-state index in [2.05, 4.69) is 25.8 Å². The predicted octanol–water partition coefficient (Wildman–Crippen LogP) is 4.15. The van der Waals surface area contributed by atoms with E-state index in [0.29, 0.717) is 23.9 Å². The first kappa shape index (κ1) is 19.2. The molecule has 150 valence electrons. The molecular weight excluding hydrogens is 378 g/mol. The van der Waals surface area contributed by atoms with Gasteiger partial charge in [-0.3, -0.25) is 9.89 Å². The summed E-state index contributed by atoms with van der Waals surface area (Å²) in [4.78, 5) is 16.8. The zero-order valence-corrected chi connectivity index (χ0v) is 16.4. The highest BCUT2D eigenvalue weighted by Gasteiger charge is 2.08. The van der Waals surface area contributed by atoms with Crippen LogP contribution < -0.4 is 15.4 Å². The maximum atomic E-state index is 12.4. The first-order valence-corrected chi connectivity index (χ1v) is 9.47. The predicted molar refractivity (Wildman–Crippen MR) is 116 cm³/mol. The molecule has 0 aliphatic heterocycles. The van der Waals surface area contributed by atoms with Gasteiger partial charge in [-0.15, -0.1) is 5.10 Å². The second-order valence-corrected chi connectivity index (χ2v) is 6.61. The highest BCUT2D eigenvalue weighted by atomic mass is 16.5. The van der Waals surface area contributed by atoms with Gasteiger partial charge in [0.25, 0.3) is 5.91 Å². The Morgan fingerprint density at radius 2 is 1.70 bits per heavy atom. The molecule has 0 spiro atoms. The number of benzene rings is 3. The third-order valence-electron chi connectivity index (χ3n) is 4.55. The molecule has 0 fully saturated rings. The van der Waals surface area contributed by atoms with Crippen molar-refractivity contribution < 1.29 is 9.53 Å². The highest BCUT2D eigenvalue weighted by molar-refractivity contribution is 5.94. The summed E-state index contributed by atoms with van der Waals surface area (Å²) >= 11 is 0. The van der Waals surface area contributed by atoms with Crippen LogP contribution in [0.4, 0.5) is 11.6 Å². The lowest BCUT2D eigenvalue weighted by Crippen LogP contribution is -2.22. The Bertz CT molecular complexity index is 1110. The minimum Gasteiger partial charge on any atom is -0.497 e. The third-order valence-corrected chi connectivity index (χ3v) is 4.55. The van der Waals surface area contributed by atoms with Gasteiger partial charge in [0.05, 0.1) is 7.11 Å². The number of carbonyl (C=O) groups is 1. The van der Waals surface area contributed by atoms with Gasteiger partial charge in [-0.1, -0.05) is 42.5 Å². The van der Waals surface area contributed by atoms with Crippen LogP contribution in [0.2, 0.25) is 0 Å². The number of nitrogens with one attached hydrogen (secondary N) is 3. The quantitative estimate of drug-likeness (QED) is 0.434. The van der Waals surface area contributed by atoms with Crippen molar-refractivity contribution in [3.63, 3.8) is 0 Å². The van der Waals surface area contributed by atoms with E-state index in [1.807, 2.05) is 66.7 Å². The molecule has 0 aliphatic rings. The molecule has 0 radical (unpaired) electrons. The van der Waals surface area contributed by atoms with Gasteiger partial charge >= 0.3 is 0 Å². The molecule has 4 rings (SSSR count). The molecule has 7 nitrogen and oxygen atoms in total. The van der Waals surface area contributed by atoms with E-state index in [1.165, 1.54) is 0 Å². The van der Waals surface area contributed by atoms with E-state index in [4.69, 9.17) is 4.74 Å². The fraction of sp³-hybridized carbons (Fsp3) is 0.0870. The van der Waals surface area contributed by atoms with Crippen molar-refractivity contribution in [3.8, 4) is 17.1 Å². The molecule has 0 unspecified atom stereocenters. The second-order valence-electron chi connectivity index (χ2n) is 6.61. The van der Waals surface area contributed by atoms with Crippen molar-refractivity contribution in [1.29, 1.82) is 0 Å². The molecule has 30 heavy (non-hydrogen) atoms. The lowest BCUT2D eigenvalue weighted by molar-refractivity contribution is 0.0951. The Labute approximate surface area is 174 Å². The van der Waals surface area contributed by atoms with Crippen LogP contribution in [0.5, 0.6) is 5.75 Å². The third kappa shape index (κ3) is 4.64. The maximum absolute atomic E-state index is 12.4.